The lowest BCUT2D eigenvalue weighted by Gasteiger charge is -2.20. The molecule has 2 aromatic rings. The van der Waals surface area contributed by atoms with Gasteiger partial charge in [-0.3, -0.25) is 4.79 Å². The van der Waals surface area contributed by atoms with Crippen LogP contribution in [-0.2, 0) is 11.2 Å². The zero-order valence-corrected chi connectivity index (χ0v) is 14.3. The molecular weight excluding hydrogens is 312 g/mol. The lowest BCUT2D eigenvalue weighted by molar-refractivity contribution is -0.131. The Hall–Kier alpha value is -1.76. The first-order chi connectivity index (χ1) is 11.0. The maximum Gasteiger partial charge on any atom is 0.228 e. The van der Waals surface area contributed by atoms with Gasteiger partial charge in [0, 0.05) is 23.5 Å². The third kappa shape index (κ3) is 4.60. The van der Waals surface area contributed by atoms with Gasteiger partial charge >= 0.3 is 0 Å². The largest absolute Gasteiger partial charge is 0.395 e. The van der Waals surface area contributed by atoms with Gasteiger partial charge in [0.25, 0.3) is 0 Å². The second kappa shape index (κ2) is 8.19. The molecule has 2 rings (SSSR count). The molecule has 5 nitrogen and oxygen atoms in total. The molecule has 6 heteroatoms. The molecule has 0 unspecified atom stereocenters. The van der Waals surface area contributed by atoms with Gasteiger partial charge in [-0.15, -0.1) is 11.3 Å². The maximum absolute atomic E-state index is 12.4. The molecule has 0 saturated heterocycles. The Morgan fingerprint density at radius 1 is 1.13 bits per heavy atom. The van der Waals surface area contributed by atoms with Crippen LogP contribution in [0.2, 0.25) is 0 Å². The van der Waals surface area contributed by atoms with Crippen LogP contribution in [0.5, 0.6) is 0 Å². The molecule has 0 aliphatic heterocycles. The molecule has 0 fully saturated rings. The monoisotopic (exact) mass is 334 g/mol. The summed E-state index contributed by atoms with van der Waals surface area (Å²) in [6, 6.07) is 8.08. The second-order valence-electron chi connectivity index (χ2n) is 5.38. The van der Waals surface area contributed by atoms with Crippen molar-refractivity contribution < 1.29 is 15.0 Å². The third-order valence-electron chi connectivity index (χ3n) is 3.53. The lowest BCUT2D eigenvalue weighted by atomic mass is 10.1. The molecule has 124 valence electrons. The molecule has 0 aliphatic carbocycles. The number of rotatable bonds is 7. The van der Waals surface area contributed by atoms with Gasteiger partial charge in [-0.2, -0.15) is 0 Å². The minimum Gasteiger partial charge on any atom is -0.395 e. The van der Waals surface area contributed by atoms with E-state index in [-0.39, 0.29) is 38.6 Å². The summed E-state index contributed by atoms with van der Waals surface area (Å²) in [6.07, 6.45) is 0.231. The zero-order chi connectivity index (χ0) is 16.8. The van der Waals surface area contributed by atoms with E-state index in [0.29, 0.717) is 0 Å². The quantitative estimate of drug-likeness (QED) is 0.809. The molecule has 1 heterocycles. The minimum absolute atomic E-state index is 0.106. The highest BCUT2D eigenvalue weighted by molar-refractivity contribution is 7.12. The van der Waals surface area contributed by atoms with Gasteiger partial charge in [-0.05, 0) is 13.8 Å². The van der Waals surface area contributed by atoms with E-state index in [1.54, 1.807) is 0 Å². The number of benzene rings is 1. The van der Waals surface area contributed by atoms with E-state index in [4.69, 9.17) is 10.2 Å². The van der Waals surface area contributed by atoms with E-state index in [1.807, 2.05) is 38.1 Å². The summed E-state index contributed by atoms with van der Waals surface area (Å²) in [7, 11) is 0. The number of amides is 1. The highest BCUT2D eigenvalue weighted by atomic mass is 32.1. The SMILES string of the molecule is Cc1ccc(-c2nc(C)sc2CC(=O)N(CCO)CCO)cc1. The van der Waals surface area contributed by atoms with Crippen molar-refractivity contribution in [3.8, 4) is 11.3 Å². The van der Waals surface area contributed by atoms with Crippen molar-refractivity contribution in [1.82, 2.24) is 9.88 Å². The number of aromatic nitrogens is 1. The van der Waals surface area contributed by atoms with Crippen molar-refractivity contribution >= 4 is 17.2 Å². The minimum atomic E-state index is -0.113. The van der Waals surface area contributed by atoms with Crippen molar-refractivity contribution in [3.63, 3.8) is 0 Å². The van der Waals surface area contributed by atoms with Crippen molar-refractivity contribution in [3.05, 3.63) is 39.7 Å². The first-order valence-corrected chi connectivity index (χ1v) is 8.39. The van der Waals surface area contributed by atoms with Gasteiger partial charge < -0.3 is 15.1 Å². The number of aryl methyl sites for hydroxylation is 2. The Kier molecular flexibility index (Phi) is 6.27. The molecule has 1 amide bonds. The maximum atomic E-state index is 12.4. The van der Waals surface area contributed by atoms with Gasteiger partial charge in [0.2, 0.25) is 5.91 Å². The Labute approximate surface area is 140 Å². The van der Waals surface area contributed by atoms with E-state index in [1.165, 1.54) is 21.8 Å². The normalized spacial score (nSPS) is 10.8. The smallest absolute Gasteiger partial charge is 0.228 e. The highest BCUT2D eigenvalue weighted by Gasteiger charge is 2.18. The topological polar surface area (TPSA) is 73.7 Å². The van der Waals surface area contributed by atoms with Crippen LogP contribution in [0.1, 0.15) is 15.4 Å². The van der Waals surface area contributed by atoms with E-state index in [2.05, 4.69) is 4.98 Å². The summed E-state index contributed by atoms with van der Waals surface area (Å²) in [5.74, 6) is -0.106. The molecule has 0 bridgehead atoms. The fraction of sp³-hybridized carbons (Fsp3) is 0.412. The summed E-state index contributed by atoms with van der Waals surface area (Å²) < 4.78 is 0. The highest BCUT2D eigenvalue weighted by Crippen LogP contribution is 2.29. The predicted molar refractivity (Wildman–Crippen MR) is 91.5 cm³/mol. The van der Waals surface area contributed by atoms with Crippen molar-refractivity contribution in [2.45, 2.75) is 20.3 Å². The van der Waals surface area contributed by atoms with E-state index in [0.717, 1.165) is 21.1 Å². The lowest BCUT2D eigenvalue weighted by Crippen LogP contribution is -2.36. The number of carbonyl (C=O) groups is 1. The van der Waals surface area contributed by atoms with Crippen LogP contribution in [0, 0.1) is 13.8 Å². The molecule has 2 N–H and O–H groups in total. The predicted octanol–water partition coefficient (Wildman–Crippen LogP) is 1.78. The number of nitrogens with zero attached hydrogens (tertiary/aromatic N) is 2. The van der Waals surface area contributed by atoms with Crippen molar-refractivity contribution in [2.75, 3.05) is 26.3 Å². The first kappa shape index (κ1) is 17.6. The van der Waals surface area contributed by atoms with Gasteiger partial charge in [0.15, 0.2) is 0 Å². The van der Waals surface area contributed by atoms with Gasteiger partial charge in [-0.25, -0.2) is 4.98 Å². The van der Waals surface area contributed by atoms with E-state index < -0.39 is 0 Å². The molecular formula is C17H22N2O3S. The van der Waals surface area contributed by atoms with Crippen LogP contribution < -0.4 is 0 Å². The standard InChI is InChI=1S/C17H22N2O3S/c1-12-3-5-14(6-4-12)17-15(23-13(2)18-17)11-16(22)19(7-9-20)8-10-21/h3-6,20-21H,7-11H2,1-2H3. The number of aliphatic hydroxyl groups is 2. The van der Waals surface area contributed by atoms with Crippen LogP contribution in [0.25, 0.3) is 11.3 Å². The van der Waals surface area contributed by atoms with Gasteiger partial charge in [0.1, 0.15) is 0 Å². The number of thiazole rings is 1. The Bertz CT molecular complexity index is 646. The Morgan fingerprint density at radius 2 is 1.74 bits per heavy atom. The summed E-state index contributed by atoms with van der Waals surface area (Å²) in [4.78, 5) is 19.4. The fourth-order valence-corrected chi connectivity index (χ4v) is 3.33. The van der Waals surface area contributed by atoms with Crippen LogP contribution in [0.3, 0.4) is 0 Å². The molecule has 0 spiro atoms. The van der Waals surface area contributed by atoms with Crippen LogP contribution >= 0.6 is 11.3 Å². The van der Waals surface area contributed by atoms with E-state index >= 15 is 0 Å². The number of hydrogen-bond acceptors (Lipinski definition) is 5. The molecule has 1 aromatic heterocycles. The Balaban J connectivity index is 2.23. The van der Waals surface area contributed by atoms with Crippen LogP contribution in [0.15, 0.2) is 24.3 Å². The zero-order valence-electron chi connectivity index (χ0n) is 13.5. The average molecular weight is 334 g/mol. The molecule has 0 atom stereocenters. The molecule has 0 radical (unpaired) electrons. The Morgan fingerprint density at radius 3 is 2.30 bits per heavy atom. The fourth-order valence-electron chi connectivity index (χ4n) is 2.38. The summed E-state index contributed by atoms with van der Waals surface area (Å²) in [5.41, 5.74) is 3.02. The second-order valence-corrected chi connectivity index (χ2v) is 6.66. The molecule has 23 heavy (non-hydrogen) atoms. The van der Waals surface area contributed by atoms with Crippen LogP contribution in [0.4, 0.5) is 0 Å². The van der Waals surface area contributed by atoms with Crippen LogP contribution in [-0.4, -0.2) is 52.3 Å². The third-order valence-corrected chi connectivity index (χ3v) is 4.50. The van der Waals surface area contributed by atoms with Gasteiger partial charge in [0.05, 0.1) is 30.3 Å². The average Bonchev–Trinajstić information content (AvgIpc) is 2.88. The van der Waals surface area contributed by atoms with E-state index in [9.17, 15) is 4.79 Å². The summed E-state index contributed by atoms with van der Waals surface area (Å²) in [6.45, 7) is 4.20. The number of carbonyl (C=O) groups excluding carboxylic acids is 1. The molecule has 0 aliphatic rings. The molecule has 1 aromatic carbocycles. The number of aliphatic hydroxyl groups excluding tert-OH is 2. The summed E-state index contributed by atoms with van der Waals surface area (Å²) >= 11 is 1.51. The van der Waals surface area contributed by atoms with Crippen molar-refractivity contribution in [2.24, 2.45) is 0 Å². The first-order valence-electron chi connectivity index (χ1n) is 7.58. The summed E-state index contributed by atoms with van der Waals surface area (Å²) in [5, 5.41) is 19.0. The van der Waals surface area contributed by atoms with Gasteiger partial charge in [-0.1, -0.05) is 29.8 Å². The number of hydrogen-bond donors (Lipinski definition) is 2. The molecule has 0 saturated carbocycles. The van der Waals surface area contributed by atoms with Crippen molar-refractivity contribution in [1.29, 1.82) is 0 Å².